The van der Waals surface area contributed by atoms with E-state index in [0.29, 0.717) is 24.2 Å². The highest BCUT2D eigenvalue weighted by molar-refractivity contribution is 9.09. The summed E-state index contributed by atoms with van der Waals surface area (Å²) in [7, 11) is 1.77. The third kappa shape index (κ3) is 3.50. The Morgan fingerprint density at radius 2 is 2.05 bits per heavy atom. The number of alkyl halides is 1. The number of aromatic nitrogens is 2. The molecule has 0 amide bonds. The molecule has 6 heteroatoms. The second-order valence-corrected chi connectivity index (χ2v) is 6.06. The highest BCUT2D eigenvalue weighted by Crippen LogP contribution is 2.32. The van der Waals surface area contributed by atoms with Gasteiger partial charge in [-0.1, -0.05) is 59.6 Å². The first-order chi connectivity index (χ1) is 10.0. The van der Waals surface area contributed by atoms with Crippen LogP contribution in [0.25, 0.3) is 0 Å². The Hall–Kier alpha value is -1.69. The number of halogens is 1. The molecule has 0 aliphatic carbocycles. The molecule has 0 N–H and O–H groups in total. The van der Waals surface area contributed by atoms with Crippen LogP contribution < -0.4 is 0 Å². The molecule has 1 atom stereocenters. The van der Waals surface area contributed by atoms with Crippen molar-refractivity contribution in [3.8, 4) is 0 Å². The fourth-order valence-electron chi connectivity index (χ4n) is 2.40. The average molecular weight is 352 g/mol. The van der Waals surface area contributed by atoms with Crippen LogP contribution in [0.5, 0.6) is 0 Å². The van der Waals surface area contributed by atoms with Gasteiger partial charge < -0.3 is 0 Å². The van der Waals surface area contributed by atoms with Crippen molar-refractivity contribution in [3.05, 3.63) is 57.4 Å². The van der Waals surface area contributed by atoms with Crippen molar-refractivity contribution in [2.45, 2.75) is 31.0 Å². The second-order valence-electron chi connectivity index (χ2n) is 4.96. The van der Waals surface area contributed by atoms with E-state index < -0.39 is 0 Å². The van der Waals surface area contributed by atoms with E-state index in [2.05, 4.69) is 21.0 Å². The highest BCUT2D eigenvalue weighted by Gasteiger charge is 2.27. The Labute approximate surface area is 132 Å². The molecule has 0 spiro atoms. The third-order valence-electron chi connectivity index (χ3n) is 3.41. The first-order valence-corrected chi connectivity index (χ1v) is 7.84. The van der Waals surface area contributed by atoms with E-state index in [0.717, 1.165) is 12.0 Å². The summed E-state index contributed by atoms with van der Waals surface area (Å²) in [6, 6.07) is 9.89. The molecular weight excluding hydrogens is 334 g/mol. The maximum atomic E-state index is 11.4. The Kier molecular flexibility index (Phi) is 5.12. The lowest BCUT2D eigenvalue weighted by Crippen LogP contribution is -2.05. The summed E-state index contributed by atoms with van der Waals surface area (Å²) in [4.78, 5) is 11.1. The molecular formula is C15H18BrN3O2. The maximum Gasteiger partial charge on any atom is 0.313 e. The van der Waals surface area contributed by atoms with Crippen LogP contribution in [0.15, 0.2) is 30.3 Å². The number of benzene rings is 1. The Morgan fingerprint density at radius 3 is 2.62 bits per heavy atom. The summed E-state index contributed by atoms with van der Waals surface area (Å²) in [5.41, 5.74) is 2.51. The summed E-state index contributed by atoms with van der Waals surface area (Å²) < 4.78 is 1.64. The van der Waals surface area contributed by atoms with Crippen molar-refractivity contribution < 1.29 is 4.92 Å². The molecule has 1 unspecified atom stereocenters. The molecule has 21 heavy (non-hydrogen) atoms. The topological polar surface area (TPSA) is 61.0 Å². The molecule has 0 radical (unpaired) electrons. The number of nitro groups is 1. The normalized spacial score (nSPS) is 12.3. The first-order valence-electron chi connectivity index (χ1n) is 6.92. The van der Waals surface area contributed by atoms with Crippen molar-refractivity contribution in [1.82, 2.24) is 9.78 Å². The highest BCUT2D eigenvalue weighted by atomic mass is 79.9. The molecule has 112 valence electrons. The first kappa shape index (κ1) is 15.7. The van der Waals surface area contributed by atoms with E-state index in [9.17, 15) is 10.1 Å². The van der Waals surface area contributed by atoms with Gasteiger partial charge in [-0.15, -0.1) is 0 Å². The smallest absolute Gasteiger partial charge is 0.265 e. The minimum Gasteiger partial charge on any atom is -0.265 e. The van der Waals surface area contributed by atoms with E-state index in [4.69, 9.17) is 0 Å². The monoisotopic (exact) mass is 351 g/mol. The fourth-order valence-corrected chi connectivity index (χ4v) is 3.01. The molecule has 0 saturated heterocycles. The zero-order valence-corrected chi connectivity index (χ0v) is 13.7. The molecule has 0 aliphatic rings. The third-order valence-corrected chi connectivity index (χ3v) is 4.26. The Balaban J connectivity index is 2.33. The van der Waals surface area contributed by atoms with Crippen LogP contribution in [-0.2, 0) is 19.9 Å². The van der Waals surface area contributed by atoms with E-state index in [1.165, 1.54) is 0 Å². The van der Waals surface area contributed by atoms with Crippen LogP contribution >= 0.6 is 15.9 Å². The molecule has 1 aromatic carbocycles. The van der Waals surface area contributed by atoms with Crippen LogP contribution in [-0.4, -0.2) is 14.7 Å². The van der Waals surface area contributed by atoms with Crippen LogP contribution in [0.2, 0.25) is 0 Å². The van der Waals surface area contributed by atoms with Gasteiger partial charge in [-0.2, -0.15) is 5.10 Å². The number of nitrogens with zero attached hydrogens (tertiary/aromatic N) is 3. The predicted molar refractivity (Wildman–Crippen MR) is 85.7 cm³/mol. The van der Waals surface area contributed by atoms with E-state index >= 15 is 0 Å². The lowest BCUT2D eigenvalue weighted by atomic mass is 10.1. The van der Waals surface area contributed by atoms with Gasteiger partial charge in [0.25, 0.3) is 0 Å². The summed E-state index contributed by atoms with van der Waals surface area (Å²) in [5, 5.41) is 15.7. The van der Waals surface area contributed by atoms with Gasteiger partial charge in [-0.05, 0) is 12.0 Å². The molecule has 0 fully saturated rings. The molecule has 0 aliphatic heterocycles. The van der Waals surface area contributed by atoms with E-state index in [1.807, 2.05) is 37.3 Å². The van der Waals surface area contributed by atoms with E-state index in [-0.39, 0.29) is 15.4 Å². The largest absolute Gasteiger partial charge is 0.313 e. The van der Waals surface area contributed by atoms with Gasteiger partial charge in [0, 0.05) is 18.3 Å². The van der Waals surface area contributed by atoms with Gasteiger partial charge in [0.05, 0.1) is 4.92 Å². The van der Waals surface area contributed by atoms with Crippen LogP contribution in [0.4, 0.5) is 5.69 Å². The molecule has 1 aromatic heterocycles. The van der Waals surface area contributed by atoms with Gasteiger partial charge in [-0.3, -0.25) is 14.8 Å². The van der Waals surface area contributed by atoms with Crippen molar-refractivity contribution in [2.24, 2.45) is 7.05 Å². The van der Waals surface area contributed by atoms with Crippen molar-refractivity contribution >= 4 is 21.6 Å². The minimum atomic E-state index is -0.308. The zero-order chi connectivity index (χ0) is 15.4. The molecule has 2 aromatic rings. The molecule has 0 saturated carbocycles. The van der Waals surface area contributed by atoms with Crippen LogP contribution in [0.1, 0.15) is 35.1 Å². The van der Waals surface area contributed by atoms with Crippen LogP contribution in [0, 0.1) is 10.1 Å². The summed E-state index contributed by atoms with van der Waals surface area (Å²) in [6.45, 7) is 2.00. The maximum absolute atomic E-state index is 11.4. The summed E-state index contributed by atoms with van der Waals surface area (Å²) >= 11 is 3.62. The zero-order valence-electron chi connectivity index (χ0n) is 12.1. The lowest BCUT2D eigenvalue weighted by Gasteiger charge is -2.09. The number of rotatable bonds is 6. The lowest BCUT2D eigenvalue weighted by molar-refractivity contribution is -0.386. The molecule has 5 nitrogen and oxygen atoms in total. The Bertz CT molecular complexity index is 625. The SMILES string of the molecule is CCCc1nn(C)c(CC(Br)c2ccccc2)c1[N+](=O)[O-]. The fraction of sp³-hybridized carbons (Fsp3) is 0.400. The van der Waals surface area contributed by atoms with Gasteiger partial charge in [0.15, 0.2) is 0 Å². The average Bonchev–Trinajstić information content (AvgIpc) is 2.76. The van der Waals surface area contributed by atoms with E-state index in [1.54, 1.807) is 11.7 Å². The second kappa shape index (κ2) is 6.85. The van der Waals surface area contributed by atoms with Crippen molar-refractivity contribution in [2.75, 3.05) is 0 Å². The quantitative estimate of drug-likeness (QED) is 0.449. The van der Waals surface area contributed by atoms with Crippen molar-refractivity contribution in [1.29, 1.82) is 0 Å². The molecule has 2 rings (SSSR count). The van der Waals surface area contributed by atoms with Gasteiger partial charge >= 0.3 is 5.69 Å². The minimum absolute atomic E-state index is 0.0299. The molecule has 0 bridgehead atoms. The number of hydrogen-bond donors (Lipinski definition) is 0. The summed E-state index contributed by atoms with van der Waals surface area (Å²) in [6.07, 6.45) is 2.00. The standard InChI is InChI=1S/C15H18BrN3O2/c1-3-7-13-15(19(20)21)14(18(2)17-13)10-12(16)11-8-5-4-6-9-11/h4-6,8-9,12H,3,7,10H2,1-2H3. The van der Waals surface area contributed by atoms with Crippen LogP contribution in [0.3, 0.4) is 0 Å². The van der Waals surface area contributed by atoms with Gasteiger partial charge in [0.2, 0.25) is 0 Å². The van der Waals surface area contributed by atoms with Gasteiger partial charge in [0.1, 0.15) is 11.4 Å². The van der Waals surface area contributed by atoms with Gasteiger partial charge in [-0.25, -0.2) is 0 Å². The summed E-state index contributed by atoms with van der Waals surface area (Å²) in [5.74, 6) is 0. The Morgan fingerprint density at radius 1 is 1.38 bits per heavy atom. The van der Waals surface area contributed by atoms with Crippen molar-refractivity contribution in [3.63, 3.8) is 0 Å². The number of aryl methyl sites for hydroxylation is 2. The number of hydrogen-bond acceptors (Lipinski definition) is 3. The molecule has 1 heterocycles. The predicted octanol–water partition coefficient (Wildman–Crippen LogP) is 3.96.